The molecule has 21 heavy (non-hydrogen) atoms. The lowest BCUT2D eigenvalue weighted by atomic mass is 10.1. The van der Waals surface area contributed by atoms with Crippen molar-refractivity contribution >= 4 is 27.5 Å². The predicted molar refractivity (Wildman–Crippen MR) is 82.8 cm³/mol. The molecule has 2 aromatic heterocycles. The Balaban J connectivity index is 1.74. The number of hydrogen-bond acceptors (Lipinski definition) is 5. The Labute approximate surface area is 128 Å². The van der Waals surface area contributed by atoms with E-state index < -0.39 is 0 Å². The lowest BCUT2D eigenvalue weighted by Crippen LogP contribution is -2.38. The molecular weight excluding hydrogens is 286 g/mol. The molecule has 0 spiro atoms. The van der Waals surface area contributed by atoms with Crippen molar-refractivity contribution in [1.29, 1.82) is 0 Å². The summed E-state index contributed by atoms with van der Waals surface area (Å²) in [5.41, 5.74) is 1.14. The Morgan fingerprint density at radius 2 is 2.05 bits per heavy atom. The molecule has 0 N–H and O–H groups in total. The molecule has 1 saturated heterocycles. The fraction of sp³-hybridized carbons (Fsp3) is 0.533. The minimum atomic E-state index is 0.0473. The summed E-state index contributed by atoms with van der Waals surface area (Å²) in [6, 6.07) is 0. The van der Waals surface area contributed by atoms with Gasteiger partial charge < -0.3 is 9.64 Å². The summed E-state index contributed by atoms with van der Waals surface area (Å²) in [6.45, 7) is 5.84. The first-order valence-electron chi connectivity index (χ1n) is 7.28. The van der Waals surface area contributed by atoms with Crippen molar-refractivity contribution < 1.29 is 9.53 Å². The number of nitrogens with zero attached hydrogens (tertiary/aromatic N) is 3. The predicted octanol–water partition coefficient (Wildman–Crippen LogP) is 2.70. The number of amides is 1. The Morgan fingerprint density at radius 3 is 2.81 bits per heavy atom. The molecule has 0 atom stereocenters. The van der Waals surface area contributed by atoms with Gasteiger partial charge in [-0.1, -0.05) is 0 Å². The highest BCUT2D eigenvalue weighted by Crippen LogP contribution is 2.33. The van der Waals surface area contributed by atoms with E-state index in [9.17, 15) is 4.79 Å². The molecule has 1 amide bonds. The van der Waals surface area contributed by atoms with Crippen molar-refractivity contribution in [3.8, 4) is 5.88 Å². The van der Waals surface area contributed by atoms with E-state index in [2.05, 4.69) is 16.9 Å². The van der Waals surface area contributed by atoms with E-state index in [1.807, 2.05) is 11.8 Å². The average molecular weight is 305 g/mol. The van der Waals surface area contributed by atoms with Gasteiger partial charge in [-0.2, -0.15) is 0 Å². The van der Waals surface area contributed by atoms with Crippen LogP contribution in [0.15, 0.2) is 6.33 Å². The largest absolute Gasteiger partial charge is 0.467 e. The molecule has 0 bridgehead atoms. The number of rotatable bonds is 3. The highest BCUT2D eigenvalue weighted by atomic mass is 32.1. The highest BCUT2D eigenvalue weighted by Gasteiger charge is 2.18. The van der Waals surface area contributed by atoms with Crippen molar-refractivity contribution in [3.63, 3.8) is 0 Å². The number of thiophene rings is 1. The third-order valence-corrected chi connectivity index (χ3v) is 5.09. The van der Waals surface area contributed by atoms with E-state index in [-0.39, 0.29) is 12.5 Å². The van der Waals surface area contributed by atoms with Gasteiger partial charge in [-0.3, -0.25) is 4.79 Å². The Kier molecular flexibility index (Phi) is 4.05. The maximum Gasteiger partial charge on any atom is 0.260 e. The van der Waals surface area contributed by atoms with E-state index in [4.69, 9.17) is 4.74 Å². The Morgan fingerprint density at radius 1 is 1.29 bits per heavy atom. The van der Waals surface area contributed by atoms with E-state index in [0.717, 1.165) is 41.7 Å². The number of fused-ring (bicyclic) bond motifs is 1. The fourth-order valence-electron chi connectivity index (χ4n) is 2.62. The van der Waals surface area contributed by atoms with Gasteiger partial charge in [0.1, 0.15) is 11.2 Å². The summed E-state index contributed by atoms with van der Waals surface area (Å²) in [6.07, 6.45) is 4.89. The molecule has 0 aliphatic carbocycles. The fourth-order valence-corrected chi connectivity index (χ4v) is 3.61. The molecule has 1 fully saturated rings. The standard InChI is InChI=1S/C15H19N3O2S/c1-10-11(2)21-15-13(10)14(16-9-17-15)20-8-12(19)18-6-4-3-5-7-18/h9H,3-8H2,1-2H3. The number of carbonyl (C=O) groups excluding carboxylic acids is 1. The number of aryl methyl sites for hydroxylation is 2. The molecule has 0 saturated carbocycles. The second-order valence-corrected chi connectivity index (χ2v) is 6.58. The molecule has 112 valence electrons. The van der Waals surface area contributed by atoms with Gasteiger partial charge in [-0.25, -0.2) is 9.97 Å². The Bertz CT molecular complexity index is 662. The Hall–Kier alpha value is -1.69. The number of likely N-dealkylation sites (tertiary alicyclic amines) is 1. The van der Waals surface area contributed by atoms with Crippen LogP contribution in [0, 0.1) is 13.8 Å². The smallest absolute Gasteiger partial charge is 0.260 e. The van der Waals surface area contributed by atoms with Crippen LogP contribution in [0.5, 0.6) is 5.88 Å². The van der Waals surface area contributed by atoms with Crippen LogP contribution < -0.4 is 4.74 Å². The maximum absolute atomic E-state index is 12.2. The summed E-state index contributed by atoms with van der Waals surface area (Å²) in [5, 5.41) is 0.937. The SMILES string of the molecule is Cc1sc2ncnc(OCC(=O)N3CCCCC3)c2c1C. The number of carbonyl (C=O) groups is 1. The molecule has 6 heteroatoms. The van der Waals surface area contributed by atoms with Gasteiger partial charge in [-0.15, -0.1) is 11.3 Å². The van der Waals surface area contributed by atoms with E-state index in [0.29, 0.717) is 5.88 Å². The summed E-state index contributed by atoms with van der Waals surface area (Å²) in [4.78, 5) is 24.6. The third kappa shape index (κ3) is 2.85. The normalized spacial score (nSPS) is 15.4. The van der Waals surface area contributed by atoms with Crippen LogP contribution in [0.2, 0.25) is 0 Å². The average Bonchev–Trinajstić information content (AvgIpc) is 2.81. The third-order valence-electron chi connectivity index (χ3n) is 3.97. The summed E-state index contributed by atoms with van der Waals surface area (Å²) < 4.78 is 5.69. The van der Waals surface area contributed by atoms with E-state index in [1.165, 1.54) is 17.6 Å². The first-order valence-corrected chi connectivity index (χ1v) is 8.09. The van der Waals surface area contributed by atoms with Crippen molar-refractivity contribution in [2.75, 3.05) is 19.7 Å². The minimum Gasteiger partial charge on any atom is -0.467 e. The lowest BCUT2D eigenvalue weighted by molar-refractivity contribution is -0.134. The summed E-state index contributed by atoms with van der Waals surface area (Å²) in [5.74, 6) is 0.568. The summed E-state index contributed by atoms with van der Waals surface area (Å²) >= 11 is 1.63. The lowest BCUT2D eigenvalue weighted by Gasteiger charge is -2.26. The second kappa shape index (κ2) is 5.97. The molecule has 0 radical (unpaired) electrons. The molecule has 0 aromatic carbocycles. The van der Waals surface area contributed by atoms with Crippen LogP contribution >= 0.6 is 11.3 Å². The van der Waals surface area contributed by atoms with Crippen molar-refractivity contribution in [2.45, 2.75) is 33.1 Å². The molecular formula is C15H19N3O2S. The molecule has 3 heterocycles. The number of aromatic nitrogens is 2. The van der Waals surface area contributed by atoms with Crippen LogP contribution in [0.4, 0.5) is 0 Å². The molecule has 3 rings (SSSR count). The second-order valence-electron chi connectivity index (χ2n) is 5.37. The zero-order valence-corrected chi connectivity index (χ0v) is 13.2. The van der Waals surface area contributed by atoms with Crippen LogP contribution in [-0.2, 0) is 4.79 Å². The van der Waals surface area contributed by atoms with Crippen molar-refractivity contribution in [3.05, 3.63) is 16.8 Å². The van der Waals surface area contributed by atoms with Crippen LogP contribution in [0.1, 0.15) is 29.7 Å². The topological polar surface area (TPSA) is 55.3 Å². The first kappa shape index (κ1) is 14.3. The van der Waals surface area contributed by atoms with Gasteiger partial charge in [0.2, 0.25) is 5.88 Å². The van der Waals surface area contributed by atoms with Gasteiger partial charge in [-0.05, 0) is 38.7 Å². The molecule has 0 unspecified atom stereocenters. The van der Waals surface area contributed by atoms with E-state index in [1.54, 1.807) is 11.3 Å². The molecule has 1 aliphatic rings. The molecule has 2 aromatic rings. The van der Waals surface area contributed by atoms with Gasteiger partial charge in [0.25, 0.3) is 5.91 Å². The van der Waals surface area contributed by atoms with Crippen molar-refractivity contribution in [1.82, 2.24) is 14.9 Å². The van der Waals surface area contributed by atoms with Gasteiger partial charge in [0.05, 0.1) is 5.39 Å². The number of ether oxygens (including phenoxy) is 1. The summed E-state index contributed by atoms with van der Waals surface area (Å²) in [7, 11) is 0. The van der Waals surface area contributed by atoms with Crippen LogP contribution in [-0.4, -0.2) is 40.5 Å². The minimum absolute atomic E-state index is 0.0473. The maximum atomic E-state index is 12.2. The highest BCUT2D eigenvalue weighted by molar-refractivity contribution is 7.18. The van der Waals surface area contributed by atoms with E-state index >= 15 is 0 Å². The first-order chi connectivity index (χ1) is 10.2. The zero-order chi connectivity index (χ0) is 14.8. The van der Waals surface area contributed by atoms with Crippen molar-refractivity contribution in [2.24, 2.45) is 0 Å². The van der Waals surface area contributed by atoms with Crippen LogP contribution in [0.25, 0.3) is 10.2 Å². The van der Waals surface area contributed by atoms with Gasteiger partial charge in [0.15, 0.2) is 6.61 Å². The quantitative estimate of drug-likeness (QED) is 0.875. The molecule has 1 aliphatic heterocycles. The monoisotopic (exact) mass is 305 g/mol. The molecule has 5 nitrogen and oxygen atoms in total. The zero-order valence-electron chi connectivity index (χ0n) is 12.4. The number of piperidine rings is 1. The van der Waals surface area contributed by atoms with Gasteiger partial charge >= 0.3 is 0 Å². The van der Waals surface area contributed by atoms with Gasteiger partial charge in [0, 0.05) is 18.0 Å². The van der Waals surface area contributed by atoms with Crippen LogP contribution in [0.3, 0.4) is 0 Å². The number of hydrogen-bond donors (Lipinski definition) is 0.